The molecule has 0 unspecified atom stereocenters. The van der Waals surface area contributed by atoms with Crippen LogP contribution in [0.5, 0.6) is 0 Å². The predicted molar refractivity (Wildman–Crippen MR) is 79.7 cm³/mol. The molecular formula is C13H12N4O3S. The summed E-state index contributed by atoms with van der Waals surface area (Å²) in [6.45, 7) is 1.69. The Balaban J connectivity index is 2.00. The van der Waals surface area contributed by atoms with Crippen LogP contribution in [0, 0.1) is 6.92 Å². The second-order valence-corrected chi connectivity index (χ2v) is 5.12. The third-order valence-electron chi connectivity index (χ3n) is 2.56. The van der Waals surface area contributed by atoms with Gasteiger partial charge in [-0.3, -0.25) is 4.79 Å². The zero-order chi connectivity index (χ0) is 15.4. The number of nitrogens with one attached hydrogen (secondary N) is 1. The summed E-state index contributed by atoms with van der Waals surface area (Å²) in [6.07, 6.45) is 1.42. The minimum absolute atomic E-state index is 0.187. The van der Waals surface area contributed by atoms with Crippen LogP contribution >= 0.6 is 11.3 Å². The Kier molecular flexibility index (Phi) is 4.29. The van der Waals surface area contributed by atoms with Crippen molar-refractivity contribution in [3.05, 3.63) is 46.0 Å². The molecule has 0 aliphatic rings. The van der Waals surface area contributed by atoms with E-state index < -0.39 is 5.97 Å². The number of carbonyl (C=O) groups excluding carboxylic acids is 1. The molecule has 8 heteroatoms. The number of benzene rings is 1. The lowest BCUT2D eigenvalue weighted by Crippen LogP contribution is -2.17. The van der Waals surface area contributed by atoms with E-state index in [1.165, 1.54) is 18.3 Å². The van der Waals surface area contributed by atoms with Crippen molar-refractivity contribution in [3.8, 4) is 0 Å². The number of hydrogen-bond acceptors (Lipinski definition) is 6. The van der Waals surface area contributed by atoms with Crippen molar-refractivity contribution in [1.29, 1.82) is 0 Å². The number of amides is 1. The maximum absolute atomic E-state index is 11.8. The molecule has 0 aliphatic carbocycles. The minimum Gasteiger partial charge on any atom is -0.478 e. The van der Waals surface area contributed by atoms with Crippen LogP contribution in [0.3, 0.4) is 0 Å². The molecule has 0 fully saturated rings. The van der Waals surface area contributed by atoms with Crippen molar-refractivity contribution >= 4 is 34.6 Å². The number of carbonyl (C=O) groups is 2. The maximum atomic E-state index is 11.8. The highest BCUT2D eigenvalue weighted by Gasteiger charge is 2.13. The molecule has 0 radical (unpaired) electrons. The number of nitrogens with two attached hydrogens (primary N) is 1. The second-order valence-electron chi connectivity index (χ2n) is 4.09. The topological polar surface area (TPSA) is 118 Å². The first kappa shape index (κ1) is 14.7. The van der Waals surface area contributed by atoms with Gasteiger partial charge in [0.15, 0.2) is 5.13 Å². The van der Waals surface area contributed by atoms with E-state index in [0.29, 0.717) is 21.3 Å². The third-order valence-corrected chi connectivity index (χ3v) is 3.54. The Bertz CT molecular complexity index is 707. The normalized spacial score (nSPS) is 10.7. The Labute approximate surface area is 124 Å². The molecule has 2 rings (SSSR count). The molecule has 0 saturated heterocycles. The minimum atomic E-state index is -0.995. The summed E-state index contributed by atoms with van der Waals surface area (Å²) in [5, 5.41) is 12.9. The lowest BCUT2D eigenvalue weighted by Gasteiger charge is -1.98. The van der Waals surface area contributed by atoms with Crippen LogP contribution in [0.15, 0.2) is 29.4 Å². The van der Waals surface area contributed by atoms with Crippen LogP contribution in [-0.2, 0) is 0 Å². The molecule has 1 aromatic carbocycles. The lowest BCUT2D eigenvalue weighted by atomic mass is 10.1. The van der Waals surface area contributed by atoms with E-state index in [9.17, 15) is 9.59 Å². The zero-order valence-corrected chi connectivity index (χ0v) is 11.8. The number of aromatic nitrogens is 1. The smallest absolute Gasteiger partial charge is 0.335 e. The highest BCUT2D eigenvalue weighted by Crippen LogP contribution is 2.19. The van der Waals surface area contributed by atoms with Gasteiger partial charge in [-0.2, -0.15) is 5.10 Å². The van der Waals surface area contributed by atoms with Gasteiger partial charge in [-0.05, 0) is 24.6 Å². The van der Waals surface area contributed by atoms with Gasteiger partial charge in [-0.25, -0.2) is 15.2 Å². The number of carboxylic acids is 1. The monoisotopic (exact) mass is 304 g/mol. The van der Waals surface area contributed by atoms with E-state index in [1.54, 1.807) is 19.1 Å². The number of rotatable bonds is 4. The second kappa shape index (κ2) is 6.14. The third kappa shape index (κ3) is 3.63. The molecule has 0 spiro atoms. The summed E-state index contributed by atoms with van der Waals surface area (Å²) in [5.41, 5.74) is 9.29. The van der Waals surface area contributed by atoms with Gasteiger partial charge in [-0.15, -0.1) is 0 Å². The van der Waals surface area contributed by atoms with Crippen molar-refractivity contribution in [1.82, 2.24) is 10.4 Å². The van der Waals surface area contributed by atoms with Crippen LogP contribution < -0.4 is 11.2 Å². The molecule has 2 aromatic rings. The molecule has 4 N–H and O–H groups in total. The summed E-state index contributed by atoms with van der Waals surface area (Å²) in [5.74, 6) is -1.38. The van der Waals surface area contributed by atoms with Gasteiger partial charge < -0.3 is 10.8 Å². The number of hydrogen-bond donors (Lipinski definition) is 3. The molecule has 1 amide bonds. The molecule has 0 aliphatic heterocycles. The summed E-state index contributed by atoms with van der Waals surface area (Å²) < 4.78 is 0. The van der Waals surface area contributed by atoms with Gasteiger partial charge in [-0.1, -0.05) is 23.5 Å². The van der Waals surface area contributed by atoms with E-state index in [2.05, 4.69) is 15.5 Å². The van der Waals surface area contributed by atoms with Crippen LogP contribution in [-0.4, -0.2) is 28.2 Å². The zero-order valence-electron chi connectivity index (χ0n) is 11.0. The summed E-state index contributed by atoms with van der Waals surface area (Å²) in [7, 11) is 0. The van der Waals surface area contributed by atoms with Gasteiger partial charge in [0.25, 0.3) is 5.91 Å². The predicted octanol–water partition coefficient (Wildman–Crippen LogP) is 1.50. The number of aryl methyl sites for hydroxylation is 1. The summed E-state index contributed by atoms with van der Waals surface area (Å²) >= 11 is 1.09. The molecule has 1 aromatic heterocycles. The molecule has 21 heavy (non-hydrogen) atoms. The Hall–Kier alpha value is -2.74. The first-order valence-electron chi connectivity index (χ1n) is 5.87. The van der Waals surface area contributed by atoms with Gasteiger partial charge in [0.05, 0.1) is 17.5 Å². The molecule has 0 bridgehead atoms. The van der Waals surface area contributed by atoms with Crippen LogP contribution in [0.1, 0.15) is 31.3 Å². The van der Waals surface area contributed by atoms with E-state index >= 15 is 0 Å². The van der Waals surface area contributed by atoms with E-state index in [-0.39, 0.29) is 11.5 Å². The van der Waals surface area contributed by atoms with Crippen molar-refractivity contribution in [3.63, 3.8) is 0 Å². The summed E-state index contributed by atoms with van der Waals surface area (Å²) in [6, 6.07) is 6.10. The fraction of sp³-hybridized carbons (Fsp3) is 0.0769. The van der Waals surface area contributed by atoms with E-state index in [1.807, 2.05) is 0 Å². The Morgan fingerprint density at radius 2 is 2.05 bits per heavy atom. The Morgan fingerprint density at radius 1 is 1.38 bits per heavy atom. The fourth-order valence-electron chi connectivity index (χ4n) is 1.56. The standard InChI is InChI=1S/C13H12N4O3S/c1-7-10(21-13(14)16-7)11(18)17-15-6-8-2-4-9(5-3-8)12(19)20/h2-6H,1H3,(H2,14,16)(H,17,18)(H,19,20). The molecule has 0 atom stereocenters. The number of aromatic carboxylic acids is 1. The number of hydrazone groups is 1. The highest BCUT2D eigenvalue weighted by atomic mass is 32.1. The number of anilines is 1. The largest absolute Gasteiger partial charge is 0.478 e. The molecular weight excluding hydrogens is 292 g/mol. The van der Waals surface area contributed by atoms with Crippen molar-refractivity contribution < 1.29 is 14.7 Å². The van der Waals surface area contributed by atoms with E-state index in [0.717, 1.165) is 11.3 Å². The van der Waals surface area contributed by atoms with E-state index in [4.69, 9.17) is 10.8 Å². The maximum Gasteiger partial charge on any atom is 0.335 e. The number of nitrogen functional groups attached to an aromatic ring is 1. The van der Waals surface area contributed by atoms with Gasteiger partial charge in [0, 0.05) is 0 Å². The van der Waals surface area contributed by atoms with Crippen molar-refractivity contribution in [2.75, 3.05) is 5.73 Å². The van der Waals surface area contributed by atoms with Crippen molar-refractivity contribution in [2.24, 2.45) is 5.10 Å². The first-order valence-corrected chi connectivity index (χ1v) is 6.68. The molecule has 0 saturated carbocycles. The van der Waals surface area contributed by atoms with Gasteiger partial charge in [0.1, 0.15) is 4.88 Å². The highest BCUT2D eigenvalue weighted by molar-refractivity contribution is 7.17. The number of nitrogens with zero attached hydrogens (tertiary/aromatic N) is 2. The lowest BCUT2D eigenvalue weighted by molar-refractivity contribution is 0.0696. The average molecular weight is 304 g/mol. The van der Waals surface area contributed by atoms with Crippen molar-refractivity contribution in [2.45, 2.75) is 6.92 Å². The van der Waals surface area contributed by atoms with Crippen LogP contribution in [0.4, 0.5) is 5.13 Å². The van der Waals surface area contributed by atoms with Crippen LogP contribution in [0.25, 0.3) is 0 Å². The number of carboxylic acid groups (broad SMARTS) is 1. The fourth-order valence-corrected chi connectivity index (χ4v) is 2.28. The number of thiazole rings is 1. The quantitative estimate of drug-likeness (QED) is 0.584. The van der Waals surface area contributed by atoms with Crippen LogP contribution in [0.2, 0.25) is 0 Å². The first-order chi connectivity index (χ1) is 9.97. The molecule has 108 valence electrons. The summed E-state index contributed by atoms with van der Waals surface area (Å²) in [4.78, 5) is 26.9. The average Bonchev–Trinajstić information content (AvgIpc) is 2.78. The molecule has 7 nitrogen and oxygen atoms in total. The van der Waals surface area contributed by atoms with Gasteiger partial charge >= 0.3 is 5.97 Å². The van der Waals surface area contributed by atoms with Gasteiger partial charge in [0.2, 0.25) is 0 Å². The molecule has 1 heterocycles. The Morgan fingerprint density at radius 3 is 2.57 bits per heavy atom. The SMILES string of the molecule is Cc1nc(N)sc1C(=O)NN=Cc1ccc(C(=O)O)cc1.